The molecular formula is H8CdIn2OS. The van der Waals surface area contributed by atoms with Crippen LogP contribution in [0.1, 0.15) is 0 Å². The van der Waals surface area contributed by atoms with Crippen molar-refractivity contribution in [2.75, 3.05) is 0 Å². The van der Waals surface area contributed by atoms with E-state index >= 15 is 0 Å². The molecule has 0 aromatic carbocycles. The summed E-state index contributed by atoms with van der Waals surface area (Å²) in [6.07, 6.45) is 0. The topological polar surface area (TPSA) is 31.5 Å². The van der Waals surface area contributed by atoms with Gasteiger partial charge in [-0.15, -0.1) is 0 Å². The summed E-state index contributed by atoms with van der Waals surface area (Å²) in [4.78, 5) is 0. The summed E-state index contributed by atoms with van der Waals surface area (Å²) in [5.74, 6) is 0. The summed E-state index contributed by atoms with van der Waals surface area (Å²) >= 11 is 0.733. The van der Waals surface area contributed by atoms with Gasteiger partial charge in [-0.1, -0.05) is 0 Å². The third-order valence-electron chi connectivity index (χ3n) is 0. The molecule has 0 saturated carbocycles. The zero-order valence-corrected chi connectivity index (χ0v) is 6.47. The number of hydrogen-bond acceptors (Lipinski definition) is 1. The first-order valence-electron chi connectivity index (χ1n) is 0.289. The van der Waals surface area contributed by atoms with E-state index in [1.807, 2.05) is 0 Å². The molecule has 0 unspecified atom stereocenters. The van der Waals surface area contributed by atoms with E-state index in [2.05, 4.69) is 8.65 Å². The third-order valence-corrected chi connectivity index (χ3v) is 0. The molecule has 0 aromatic rings. The predicted molar refractivity (Wildman–Crippen MR) is 31.1 cm³/mol. The summed E-state index contributed by atoms with van der Waals surface area (Å²) in [5, 5.41) is 0. The Hall–Kier alpha value is 2.84. The third kappa shape index (κ3) is 19.9. The van der Waals surface area contributed by atoms with Crippen LogP contribution in [0.2, 0.25) is 0 Å². The van der Waals surface area contributed by atoms with Crippen LogP contribution < -0.4 is 0 Å². The van der Waals surface area contributed by atoms with Crippen LogP contribution in [-0.4, -0.2) is 57.2 Å². The van der Waals surface area contributed by atoms with Gasteiger partial charge in [0, 0.05) is 0 Å². The molecule has 2 N–H and O–H groups in total. The van der Waals surface area contributed by atoms with Gasteiger partial charge in [0.15, 0.2) is 0 Å². The van der Waals surface area contributed by atoms with Crippen molar-refractivity contribution in [3.8, 4) is 0 Å². The molecule has 0 fully saturated rings. The van der Waals surface area contributed by atoms with Gasteiger partial charge in [-0.05, 0) is 0 Å². The molecule has 1 nitrogen and oxygen atoms in total. The van der Waals surface area contributed by atoms with E-state index in [4.69, 9.17) is 0 Å². The van der Waals surface area contributed by atoms with Gasteiger partial charge in [-0.25, -0.2) is 0 Å². The first-order chi connectivity index (χ1) is 1.00. The van der Waals surface area contributed by atoms with Crippen molar-refractivity contribution in [3.05, 3.63) is 0 Å². The molecule has 0 bridgehead atoms. The van der Waals surface area contributed by atoms with Gasteiger partial charge in [0.2, 0.25) is 0 Å². The van der Waals surface area contributed by atoms with Gasteiger partial charge in [0.25, 0.3) is 0 Å². The second kappa shape index (κ2) is 28.9. The van der Waals surface area contributed by atoms with E-state index in [-0.39, 0.29) is 57.2 Å². The van der Waals surface area contributed by atoms with E-state index in [9.17, 15) is 0 Å². The summed E-state index contributed by atoms with van der Waals surface area (Å²) in [6, 6.07) is 0. The van der Waals surface area contributed by atoms with Gasteiger partial charge in [0.1, 0.15) is 0 Å². The van der Waals surface area contributed by atoms with E-state index in [1.165, 1.54) is 0 Å². The van der Waals surface area contributed by atoms with Gasteiger partial charge < -0.3 is 5.48 Å². The number of rotatable bonds is 0. The Morgan fingerprint density at radius 3 is 1.00 bits per heavy atom. The average Bonchev–Trinajstić information content (AvgIpc) is 1.00. The maximum atomic E-state index is 4.25. The van der Waals surface area contributed by atoms with Crippen LogP contribution >= 0.6 is 8.65 Å². The first-order valence-corrected chi connectivity index (χ1v) is 5.81. The second-order valence-corrected chi connectivity index (χ2v) is 0. The molecule has 0 heterocycles. The number of hydrogen-bond donors (Lipinski definition) is 0. The van der Waals surface area contributed by atoms with Crippen molar-refractivity contribution in [3.63, 3.8) is 0 Å². The normalized spacial score (nSPS) is 1.20. The molecular weight excluding hydrogens is 390 g/mol. The molecule has 5 heteroatoms. The van der Waals surface area contributed by atoms with Crippen LogP contribution in [0.15, 0.2) is 0 Å². The Morgan fingerprint density at radius 1 is 1.00 bits per heavy atom. The SMILES string of the molecule is O.[InH3].[InH3].[S]=[Cd]. The fourth-order valence-electron chi connectivity index (χ4n) is 0. The zero-order valence-electron chi connectivity index (χ0n) is 1.62. The summed E-state index contributed by atoms with van der Waals surface area (Å²) < 4.78 is 0. The van der Waals surface area contributed by atoms with Crippen molar-refractivity contribution < 1.29 is 29.2 Å². The Labute approximate surface area is 87.7 Å². The maximum absolute atomic E-state index is 4.25. The Kier molecular flexibility index (Phi) is 144. The van der Waals surface area contributed by atoms with Crippen LogP contribution in [0.3, 0.4) is 0 Å². The zero-order chi connectivity index (χ0) is 2.00. The summed E-state index contributed by atoms with van der Waals surface area (Å²) in [7, 11) is 4.25. The average molecular weight is 398 g/mol. The quantitative estimate of drug-likeness (QED) is 0.414. The van der Waals surface area contributed by atoms with Crippen LogP contribution in [-0.2, 0) is 23.7 Å². The predicted octanol–water partition coefficient (Wildman–Crippen LogP) is -2.55. The van der Waals surface area contributed by atoms with E-state index in [0.717, 1.165) is 23.7 Å². The Bertz CT molecular complexity index is 9.61. The molecule has 0 atom stereocenters. The molecule has 0 aliphatic carbocycles. The van der Waals surface area contributed by atoms with Gasteiger partial charge in [0.05, 0.1) is 0 Å². The van der Waals surface area contributed by atoms with Crippen molar-refractivity contribution in [1.29, 1.82) is 0 Å². The van der Waals surface area contributed by atoms with Crippen LogP contribution in [0.5, 0.6) is 0 Å². The molecule has 0 aromatic heterocycles. The molecule has 0 rings (SSSR count). The van der Waals surface area contributed by atoms with Gasteiger partial charge in [-0.2, -0.15) is 0 Å². The van der Waals surface area contributed by atoms with Crippen molar-refractivity contribution >= 4 is 60.3 Å². The first kappa shape index (κ1) is 24.9. The summed E-state index contributed by atoms with van der Waals surface area (Å²) in [6.45, 7) is 0. The molecule has 0 radical (unpaired) electrons. The van der Waals surface area contributed by atoms with Crippen LogP contribution in [0, 0.1) is 0 Å². The van der Waals surface area contributed by atoms with Crippen molar-refractivity contribution in [2.24, 2.45) is 0 Å². The van der Waals surface area contributed by atoms with E-state index in [1.54, 1.807) is 0 Å². The second-order valence-electron chi connectivity index (χ2n) is 0. The van der Waals surface area contributed by atoms with Crippen molar-refractivity contribution in [1.82, 2.24) is 0 Å². The molecule has 5 heavy (non-hydrogen) atoms. The molecule has 0 saturated heterocycles. The van der Waals surface area contributed by atoms with Crippen LogP contribution in [0.25, 0.3) is 0 Å². The minimum absolute atomic E-state index is 0. The fraction of sp³-hybridized carbons (Fsp3) is 0. The minimum atomic E-state index is 0. The standard InChI is InChI=1S/Cd.2In.H2O.S.6H/h;;;1H2;;;;;;;. The summed E-state index contributed by atoms with van der Waals surface area (Å²) in [5.41, 5.74) is 0. The Morgan fingerprint density at radius 2 is 1.00 bits per heavy atom. The monoisotopic (exact) mass is 400 g/mol. The van der Waals surface area contributed by atoms with E-state index < -0.39 is 0 Å². The molecule has 28 valence electrons. The Balaban J connectivity index is -0.00000000167. The van der Waals surface area contributed by atoms with Gasteiger partial charge in [-0.3, -0.25) is 0 Å². The molecule has 0 aliphatic heterocycles. The van der Waals surface area contributed by atoms with E-state index in [0.29, 0.717) is 0 Å². The van der Waals surface area contributed by atoms with Gasteiger partial charge >= 0.3 is 84.0 Å². The molecule has 0 aliphatic rings. The van der Waals surface area contributed by atoms with Crippen LogP contribution in [0.4, 0.5) is 0 Å². The molecule has 0 spiro atoms. The molecule has 0 amide bonds. The van der Waals surface area contributed by atoms with Crippen molar-refractivity contribution in [2.45, 2.75) is 0 Å². The fourth-order valence-corrected chi connectivity index (χ4v) is 0.